The van der Waals surface area contributed by atoms with E-state index in [1.165, 1.54) is 4.90 Å². The second-order valence-corrected chi connectivity index (χ2v) is 7.26. The van der Waals surface area contributed by atoms with E-state index in [-0.39, 0.29) is 18.8 Å². The number of hydrogen-bond donors (Lipinski definition) is 1. The zero-order chi connectivity index (χ0) is 20.5. The molecule has 3 aromatic carbocycles. The number of aliphatic hydroxyl groups is 1. The maximum atomic E-state index is 13.5. The third-order valence-corrected chi connectivity index (χ3v) is 5.27. The Morgan fingerprint density at radius 3 is 2.34 bits per heavy atom. The number of hydrogen-bond acceptors (Lipinski definition) is 4. The van der Waals surface area contributed by atoms with Gasteiger partial charge in [0.25, 0.3) is 11.8 Å². The number of anilines is 1. The minimum absolute atomic E-state index is 0.135. The second kappa shape index (κ2) is 7.70. The molecule has 1 heterocycles. The first-order chi connectivity index (χ1) is 14.0. The highest BCUT2D eigenvalue weighted by Crippen LogP contribution is 2.37. The molecule has 1 aliphatic rings. The third kappa shape index (κ3) is 3.28. The molecule has 3 aromatic rings. The minimum Gasteiger partial charge on any atom is -0.395 e. The number of benzene rings is 3. The van der Waals surface area contributed by atoms with Gasteiger partial charge in [-0.05, 0) is 29.1 Å². The van der Waals surface area contributed by atoms with E-state index in [0.717, 1.165) is 10.8 Å². The molecular formula is C23H19ClN2O3. The van der Waals surface area contributed by atoms with Gasteiger partial charge in [0.2, 0.25) is 0 Å². The second-order valence-electron chi connectivity index (χ2n) is 6.82. The first-order valence-electron chi connectivity index (χ1n) is 9.21. The summed E-state index contributed by atoms with van der Waals surface area (Å²) >= 11 is 6.00. The standard InChI is InChI=1S/C23H19ClN2O3/c1-25(13-14-27)21-20(16-9-11-17(24)12-10-16)22(28)26(23(21)29)19-8-4-6-15-5-2-3-7-18(15)19/h2-12,27H,13-14H2,1H3. The molecule has 0 aliphatic carbocycles. The Balaban J connectivity index is 1.89. The van der Waals surface area contributed by atoms with Crippen LogP contribution in [0.15, 0.2) is 72.4 Å². The molecule has 0 unspecified atom stereocenters. The Hall–Kier alpha value is -3.15. The van der Waals surface area contributed by atoms with Crippen molar-refractivity contribution in [3.63, 3.8) is 0 Å². The number of aliphatic hydroxyl groups excluding tert-OH is 1. The number of amides is 2. The van der Waals surface area contributed by atoms with Crippen molar-refractivity contribution < 1.29 is 14.7 Å². The molecule has 0 bridgehead atoms. The van der Waals surface area contributed by atoms with Crippen molar-refractivity contribution in [3.05, 3.63) is 83.0 Å². The number of likely N-dealkylation sites (N-methyl/N-ethyl adjacent to an activating group) is 1. The molecule has 2 amide bonds. The number of nitrogens with zero attached hydrogens (tertiary/aromatic N) is 2. The predicted octanol–water partition coefficient (Wildman–Crippen LogP) is 3.70. The van der Waals surface area contributed by atoms with Gasteiger partial charge in [0, 0.05) is 24.0 Å². The summed E-state index contributed by atoms with van der Waals surface area (Å²) in [4.78, 5) is 29.8. The highest BCUT2D eigenvalue weighted by molar-refractivity contribution is 6.46. The fraction of sp³-hybridized carbons (Fsp3) is 0.130. The summed E-state index contributed by atoms with van der Waals surface area (Å²) in [6.07, 6.45) is 0. The van der Waals surface area contributed by atoms with Crippen LogP contribution in [0.3, 0.4) is 0 Å². The number of halogens is 1. The molecule has 1 aliphatic heterocycles. The fourth-order valence-electron chi connectivity index (χ4n) is 3.63. The summed E-state index contributed by atoms with van der Waals surface area (Å²) in [5.41, 5.74) is 1.71. The largest absolute Gasteiger partial charge is 0.395 e. The maximum absolute atomic E-state index is 13.5. The first kappa shape index (κ1) is 19.2. The van der Waals surface area contributed by atoms with Crippen LogP contribution < -0.4 is 4.90 Å². The summed E-state index contributed by atoms with van der Waals surface area (Å²) in [7, 11) is 1.69. The van der Waals surface area contributed by atoms with Crippen LogP contribution in [-0.4, -0.2) is 42.0 Å². The summed E-state index contributed by atoms with van der Waals surface area (Å²) in [5, 5.41) is 11.7. The topological polar surface area (TPSA) is 60.9 Å². The van der Waals surface area contributed by atoms with E-state index >= 15 is 0 Å². The molecule has 0 spiro atoms. The Labute approximate surface area is 173 Å². The molecule has 1 N–H and O–H groups in total. The van der Waals surface area contributed by atoms with Crippen LogP contribution in [0.5, 0.6) is 0 Å². The number of carbonyl (C=O) groups is 2. The van der Waals surface area contributed by atoms with E-state index in [1.807, 2.05) is 36.4 Å². The van der Waals surface area contributed by atoms with Gasteiger partial charge in [-0.2, -0.15) is 0 Å². The van der Waals surface area contributed by atoms with Gasteiger partial charge in [-0.15, -0.1) is 0 Å². The van der Waals surface area contributed by atoms with Gasteiger partial charge < -0.3 is 10.0 Å². The van der Waals surface area contributed by atoms with Crippen LogP contribution in [0, 0.1) is 0 Å². The molecule has 4 rings (SSSR count). The molecule has 6 heteroatoms. The lowest BCUT2D eigenvalue weighted by molar-refractivity contribution is -0.120. The molecule has 0 saturated carbocycles. The van der Waals surface area contributed by atoms with Crippen molar-refractivity contribution >= 4 is 45.4 Å². The summed E-state index contributed by atoms with van der Waals surface area (Å²) < 4.78 is 0. The van der Waals surface area contributed by atoms with Gasteiger partial charge in [-0.3, -0.25) is 9.59 Å². The van der Waals surface area contributed by atoms with E-state index in [1.54, 1.807) is 42.3 Å². The molecule has 0 fully saturated rings. The van der Waals surface area contributed by atoms with Crippen LogP contribution in [0.25, 0.3) is 16.3 Å². The van der Waals surface area contributed by atoms with Gasteiger partial charge in [-0.1, -0.05) is 60.1 Å². The zero-order valence-corrected chi connectivity index (χ0v) is 16.6. The highest BCUT2D eigenvalue weighted by Gasteiger charge is 2.42. The van der Waals surface area contributed by atoms with Crippen molar-refractivity contribution in [2.45, 2.75) is 0 Å². The van der Waals surface area contributed by atoms with Crippen molar-refractivity contribution in [1.82, 2.24) is 4.90 Å². The average Bonchev–Trinajstić information content (AvgIpc) is 2.98. The van der Waals surface area contributed by atoms with Gasteiger partial charge in [0.05, 0.1) is 17.9 Å². The first-order valence-corrected chi connectivity index (χ1v) is 9.59. The Morgan fingerprint density at radius 2 is 1.62 bits per heavy atom. The molecular weight excluding hydrogens is 388 g/mol. The average molecular weight is 407 g/mol. The predicted molar refractivity (Wildman–Crippen MR) is 115 cm³/mol. The SMILES string of the molecule is CN(CCO)C1=C(c2ccc(Cl)cc2)C(=O)N(c2cccc3ccccc23)C1=O. The van der Waals surface area contributed by atoms with E-state index in [9.17, 15) is 14.7 Å². The van der Waals surface area contributed by atoms with E-state index in [2.05, 4.69) is 0 Å². The lowest BCUT2D eigenvalue weighted by Gasteiger charge is -2.21. The van der Waals surface area contributed by atoms with E-state index < -0.39 is 11.8 Å². The number of rotatable bonds is 5. The van der Waals surface area contributed by atoms with Crippen LogP contribution in [0.1, 0.15) is 5.56 Å². The lowest BCUT2D eigenvalue weighted by atomic mass is 10.0. The monoisotopic (exact) mass is 406 g/mol. The minimum atomic E-state index is -0.410. The summed E-state index contributed by atoms with van der Waals surface area (Å²) in [6.45, 7) is 0.0957. The van der Waals surface area contributed by atoms with Gasteiger partial charge in [-0.25, -0.2) is 4.90 Å². The number of imide groups is 1. The normalized spacial score (nSPS) is 14.2. The number of carbonyl (C=O) groups excluding carboxylic acids is 2. The van der Waals surface area contributed by atoms with Gasteiger partial charge >= 0.3 is 0 Å². The quantitative estimate of drug-likeness (QED) is 0.656. The van der Waals surface area contributed by atoms with Crippen LogP contribution >= 0.6 is 11.6 Å². The van der Waals surface area contributed by atoms with Crippen LogP contribution in [-0.2, 0) is 9.59 Å². The van der Waals surface area contributed by atoms with Crippen LogP contribution in [0.4, 0.5) is 5.69 Å². The van der Waals surface area contributed by atoms with Crippen molar-refractivity contribution in [1.29, 1.82) is 0 Å². The lowest BCUT2D eigenvalue weighted by Crippen LogP contribution is -2.35. The van der Waals surface area contributed by atoms with E-state index in [4.69, 9.17) is 11.6 Å². The maximum Gasteiger partial charge on any atom is 0.282 e. The molecule has 0 saturated heterocycles. The molecule has 146 valence electrons. The number of fused-ring (bicyclic) bond motifs is 1. The molecule has 29 heavy (non-hydrogen) atoms. The van der Waals surface area contributed by atoms with Gasteiger partial charge in [0.1, 0.15) is 5.70 Å². The summed E-state index contributed by atoms with van der Waals surface area (Å²) in [6, 6.07) is 20.0. The molecule has 0 atom stereocenters. The van der Waals surface area contributed by atoms with Crippen molar-refractivity contribution in [3.8, 4) is 0 Å². The third-order valence-electron chi connectivity index (χ3n) is 5.02. The Kier molecular flexibility index (Phi) is 5.09. The molecule has 0 radical (unpaired) electrons. The Morgan fingerprint density at radius 1 is 0.931 bits per heavy atom. The highest BCUT2D eigenvalue weighted by atomic mass is 35.5. The molecule has 5 nitrogen and oxygen atoms in total. The van der Waals surface area contributed by atoms with E-state index in [0.29, 0.717) is 21.8 Å². The van der Waals surface area contributed by atoms with Gasteiger partial charge in [0.15, 0.2) is 0 Å². The van der Waals surface area contributed by atoms with Crippen LogP contribution in [0.2, 0.25) is 5.02 Å². The smallest absolute Gasteiger partial charge is 0.282 e. The summed E-state index contributed by atoms with van der Waals surface area (Å²) in [5.74, 6) is -0.805. The zero-order valence-electron chi connectivity index (χ0n) is 15.8. The Bertz CT molecular complexity index is 1130. The van der Waals surface area contributed by atoms with Crippen molar-refractivity contribution in [2.75, 3.05) is 25.1 Å². The molecule has 0 aromatic heterocycles. The van der Waals surface area contributed by atoms with Crippen molar-refractivity contribution in [2.24, 2.45) is 0 Å². The fourth-order valence-corrected chi connectivity index (χ4v) is 3.76.